The van der Waals surface area contributed by atoms with E-state index < -0.39 is 6.09 Å². The molecule has 0 aliphatic heterocycles. The Kier molecular flexibility index (Phi) is 5.19. The molecule has 0 fully saturated rings. The van der Waals surface area contributed by atoms with E-state index in [0.717, 1.165) is 16.5 Å². The van der Waals surface area contributed by atoms with Crippen LogP contribution in [0.5, 0.6) is 0 Å². The first-order chi connectivity index (χ1) is 15.3. The van der Waals surface area contributed by atoms with Crippen LogP contribution in [0.2, 0.25) is 0 Å². The van der Waals surface area contributed by atoms with E-state index in [1.807, 2.05) is 60.7 Å². The van der Waals surface area contributed by atoms with Crippen molar-refractivity contribution in [3.05, 3.63) is 108 Å². The molecule has 4 nitrogen and oxygen atoms in total. The third-order valence-corrected chi connectivity index (χ3v) is 5.69. The number of hydrogen-bond acceptors (Lipinski definition) is 3. The Bertz CT molecular complexity index is 1230. The molecule has 5 rings (SSSR count). The molecule has 1 aromatic heterocycles. The van der Waals surface area contributed by atoms with E-state index in [0.29, 0.717) is 13.2 Å². The third-order valence-electron chi connectivity index (χ3n) is 5.69. The zero-order chi connectivity index (χ0) is 21.0. The van der Waals surface area contributed by atoms with Gasteiger partial charge in [0, 0.05) is 24.0 Å². The van der Waals surface area contributed by atoms with Crippen molar-refractivity contribution < 1.29 is 9.53 Å². The number of ether oxygens (including phenoxy) is 1. The Morgan fingerprint density at radius 1 is 0.903 bits per heavy atom. The van der Waals surface area contributed by atoms with Gasteiger partial charge in [-0.15, -0.1) is 0 Å². The summed E-state index contributed by atoms with van der Waals surface area (Å²) in [5.41, 5.74) is 5.74. The lowest BCUT2D eigenvalue weighted by atomic mass is 9.98. The number of hydrogen-bond donors (Lipinski definition) is 1. The number of benzene rings is 3. The molecule has 4 heteroatoms. The summed E-state index contributed by atoms with van der Waals surface area (Å²) in [7, 11) is 0. The van der Waals surface area contributed by atoms with Gasteiger partial charge >= 0.3 is 6.09 Å². The summed E-state index contributed by atoms with van der Waals surface area (Å²) >= 11 is 0. The first-order valence-corrected chi connectivity index (χ1v) is 10.4. The van der Waals surface area contributed by atoms with E-state index in [4.69, 9.17) is 4.74 Å². The normalized spacial score (nSPS) is 12.6. The second-order valence-corrected chi connectivity index (χ2v) is 7.53. The van der Waals surface area contributed by atoms with Gasteiger partial charge in [-0.2, -0.15) is 0 Å². The SMILES string of the molecule is O=C(NCC=Cc1nccc2ccccc12)OCC1c2ccccc2-c2ccccc21. The van der Waals surface area contributed by atoms with E-state index in [1.54, 1.807) is 6.20 Å². The molecule has 0 unspecified atom stereocenters. The molecule has 1 heterocycles. The summed E-state index contributed by atoms with van der Waals surface area (Å²) in [6, 6.07) is 26.7. The van der Waals surface area contributed by atoms with E-state index in [-0.39, 0.29) is 5.92 Å². The first-order valence-electron chi connectivity index (χ1n) is 10.4. The van der Waals surface area contributed by atoms with E-state index in [1.165, 1.54) is 22.3 Å². The van der Waals surface area contributed by atoms with Crippen LogP contribution in [0, 0.1) is 0 Å². The Hall–Kier alpha value is -3.92. The predicted octanol–water partition coefficient (Wildman–Crippen LogP) is 5.79. The molecular weight excluding hydrogens is 384 g/mol. The van der Waals surface area contributed by atoms with Gasteiger partial charge in [0.15, 0.2) is 0 Å². The summed E-state index contributed by atoms with van der Waals surface area (Å²) in [6.07, 6.45) is 5.18. The standard InChI is InChI=1S/C27H22N2O2/c30-27(29-16-7-14-26-20-9-2-1-8-19(20)15-17-28-26)31-18-25-23-12-5-3-10-21(23)22-11-4-6-13-24(22)25/h1-15,17,25H,16,18H2,(H,29,30). The second-order valence-electron chi connectivity index (χ2n) is 7.53. The lowest BCUT2D eigenvalue weighted by Gasteiger charge is -2.14. The minimum atomic E-state index is -0.419. The summed E-state index contributed by atoms with van der Waals surface area (Å²) in [5.74, 6) is 0.0635. The summed E-state index contributed by atoms with van der Waals surface area (Å²) in [4.78, 5) is 16.7. The molecular formula is C27H22N2O2. The lowest BCUT2D eigenvalue weighted by Crippen LogP contribution is -2.26. The maximum absolute atomic E-state index is 12.3. The van der Waals surface area contributed by atoms with Gasteiger partial charge in [-0.05, 0) is 39.8 Å². The zero-order valence-corrected chi connectivity index (χ0v) is 17.0. The van der Waals surface area contributed by atoms with Crippen molar-refractivity contribution in [2.75, 3.05) is 13.2 Å². The highest BCUT2D eigenvalue weighted by Crippen LogP contribution is 2.44. The molecule has 152 valence electrons. The molecule has 1 amide bonds. The lowest BCUT2D eigenvalue weighted by molar-refractivity contribution is 0.144. The fraction of sp³-hybridized carbons (Fsp3) is 0.111. The molecule has 0 bridgehead atoms. The van der Waals surface area contributed by atoms with Crippen LogP contribution in [0.3, 0.4) is 0 Å². The average molecular weight is 406 g/mol. The Morgan fingerprint density at radius 3 is 2.35 bits per heavy atom. The Labute approximate surface area is 181 Å². The molecule has 1 N–H and O–H groups in total. The minimum absolute atomic E-state index is 0.0635. The number of alkyl carbamates (subject to hydrolysis) is 1. The highest BCUT2D eigenvalue weighted by molar-refractivity contribution is 5.88. The second kappa shape index (κ2) is 8.44. The molecule has 0 saturated carbocycles. The number of carbonyl (C=O) groups excluding carboxylic acids is 1. The van der Waals surface area contributed by atoms with Crippen molar-refractivity contribution in [2.24, 2.45) is 0 Å². The van der Waals surface area contributed by atoms with E-state index in [9.17, 15) is 4.79 Å². The van der Waals surface area contributed by atoms with Gasteiger partial charge in [-0.1, -0.05) is 78.9 Å². The molecule has 4 aromatic rings. The van der Waals surface area contributed by atoms with Crippen LogP contribution in [0.25, 0.3) is 28.0 Å². The van der Waals surface area contributed by atoms with Crippen LogP contribution in [0.1, 0.15) is 22.7 Å². The van der Waals surface area contributed by atoms with Crippen molar-refractivity contribution in [2.45, 2.75) is 5.92 Å². The van der Waals surface area contributed by atoms with Crippen molar-refractivity contribution in [3.63, 3.8) is 0 Å². The molecule has 31 heavy (non-hydrogen) atoms. The maximum Gasteiger partial charge on any atom is 0.407 e. The molecule has 0 radical (unpaired) electrons. The van der Waals surface area contributed by atoms with Crippen LogP contribution < -0.4 is 5.32 Å². The van der Waals surface area contributed by atoms with Crippen molar-refractivity contribution in [1.29, 1.82) is 0 Å². The largest absolute Gasteiger partial charge is 0.449 e. The topological polar surface area (TPSA) is 51.2 Å². The molecule has 0 saturated heterocycles. The number of nitrogens with one attached hydrogen (secondary N) is 1. The number of aromatic nitrogens is 1. The highest BCUT2D eigenvalue weighted by atomic mass is 16.5. The number of carbonyl (C=O) groups is 1. The smallest absolute Gasteiger partial charge is 0.407 e. The van der Waals surface area contributed by atoms with Gasteiger partial charge in [0.25, 0.3) is 0 Å². The quantitative estimate of drug-likeness (QED) is 0.457. The number of amides is 1. The first kappa shape index (κ1) is 19.1. The van der Waals surface area contributed by atoms with Crippen LogP contribution in [-0.2, 0) is 4.74 Å². The highest BCUT2D eigenvalue weighted by Gasteiger charge is 2.28. The van der Waals surface area contributed by atoms with Gasteiger partial charge in [0.05, 0.1) is 5.69 Å². The van der Waals surface area contributed by atoms with E-state index >= 15 is 0 Å². The van der Waals surface area contributed by atoms with Gasteiger partial charge < -0.3 is 10.1 Å². The van der Waals surface area contributed by atoms with Gasteiger partial charge in [0.1, 0.15) is 6.61 Å². The van der Waals surface area contributed by atoms with Gasteiger partial charge in [-0.3, -0.25) is 4.98 Å². The number of fused-ring (bicyclic) bond motifs is 4. The van der Waals surface area contributed by atoms with Gasteiger partial charge in [0.2, 0.25) is 0 Å². The van der Waals surface area contributed by atoms with Crippen LogP contribution >= 0.6 is 0 Å². The zero-order valence-electron chi connectivity index (χ0n) is 17.0. The third kappa shape index (κ3) is 3.80. The molecule has 1 aliphatic carbocycles. The maximum atomic E-state index is 12.3. The predicted molar refractivity (Wildman–Crippen MR) is 124 cm³/mol. The summed E-state index contributed by atoms with van der Waals surface area (Å²) in [6.45, 7) is 0.691. The fourth-order valence-corrected chi connectivity index (χ4v) is 4.24. The molecule has 0 spiro atoms. The van der Waals surface area contributed by atoms with Crippen LogP contribution in [-0.4, -0.2) is 24.2 Å². The van der Waals surface area contributed by atoms with Crippen molar-refractivity contribution >= 4 is 22.9 Å². The van der Waals surface area contributed by atoms with Crippen molar-refractivity contribution in [1.82, 2.24) is 10.3 Å². The molecule has 3 aromatic carbocycles. The monoisotopic (exact) mass is 406 g/mol. The van der Waals surface area contributed by atoms with Crippen LogP contribution in [0.4, 0.5) is 4.79 Å². The fourth-order valence-electron chi connectivity index (χ4n) is 4.24. The van der Waals surface area contributed by atoms with Crippen LogP contribution in [0.15, 0.2) is 91.1 Å². The number of rotatable bonds is 5. The Balaban J connectivity index is 1.20. The number of nitrogens with zero attached hydrogens (tertiary/aromatic N) is 1. The van der Waals surface area contributed by atoms with E-state index in [2.05, 4.69) is 40.6 Å². The Morgan fingerprint density at radius 2 is 1.58 bits per heavy atom. The average Bonchev–Trinajstić information content (AvgIpc) is 3.14. The minimum Gasteiger partial charge on any atom is -0.449 e. The molecule has 0 atom stereocenters. The van der Waals surface area contributed by atoms with Gasteiger partial charge in [-0.25, -0.2) is 4.79 Å². The van der Waals surface area contributed by atoms with Crippen molar-refractivity contribution in [3.8, 4) is 11.1 Å². The summed E-state index contributed by atoms with van der Waals surface area (Å²) < 4.78 is 5.56. The molecule has 1 aliphatic rings. The number of pyridine rings is 1. The summed E-state index contributed by atoms with van der Waals surface area (Å²) in [5, 5.41) is 5.02.